The van der Waals surface area contributed by atoms with Crippen LogP contribution in [0.1, 0.15) is 5.01 Å². The number of hydrogen-bond donors (Lipinski definition) is 1. The largest absolute Gasteiger partial charge is 0.457 e. The molecule has 0 aliphatic carbocycles. The average molecular weight is 474 g/mol. The number of thiazole rings is 1. The number of benzene rings is 3. The molecular weight excluding hydrogens is 458 g/mol. The zero-order valence-electron chi connectivity index (χ0n) is 15.7. The summed E-state index contributed by atoms with van der Waals surface area (Å²) in [7, 11) is 0. The zero-order chi connectivity index (χ0) is 20.8. The number of nitrogens with one attached hydrogen (secondary N) is 1. The second-order valence-electron chi connectivity index (χ2n) is 6.30. The lowest BCUT2D eigenvalue weighted by molar-refractivity contribution is 0.483. The molecule has 0 aliphatic heterocycles. The van der Waals surface area contributed by atoms with Gasteiger partial charge in [0.15, 0.2) is 0 Å². The number of allylic oxidation sites excluding steroid dienone is 1. The molecule has 0 saturated carbocycles. The third kappa shape index (κ3) is 4.95. The van der Waals surface area contributed by atoms with Gasteiger partial charge >= 0.3 is 0 Å². The van der Waals surface area contributed by atoms with Gasteiger partial charge in [-0.1, -0.05) is 46.3 Å². The summed E-state index contributed by atoms with van der Waals surface area (Å²) < 4.78 is 6.79. The maximum absolute atomic E-state index is 9.57. The number of halogens is 1. The van der Waals surface area contributed by atoms with Crippen LogP contribution in [0.15, 0.2) is 94.9 Å². The Kier molecular flexibility index (Phi) is 6.23. The van der Waals surface area contributed by atoms with Crippen LogP contribution in [0.2, 0.25) is 0 Å². The topological polar surface area (TPSA) is 57.9 Å². The zero-order valence-corrected chi connectivity index (χ0v) is 18.2. The van der Waals surface area contributed by atoms with Crippen molar-refractivity contribution in [3.8, 4) is 28.8 Å². The second-order valence-corrected chi connectivity index (χ2v) is 8.08. The van der Waals surface area contributed by atoms with Gasteiger partial charge < -0.3 is 10.1 Å². The van der Waals surface area contributed by atoms with Gasteiger partial charge in [-0.15, -0.1) is 11.3 Å². The third-order valence-corrected chi connectivity index (χ3v) is 5.56. The number of ether oxygens (including phenoxy) is 1. The van der Waals surface area contributed by atoms with Crippen molar-refractivity contribution in [2.24, 2.45) is 0 Å². The molecule has 6 heteroatoms. The lowest BCUT2D eigenvalue weighted by Crippen LogP contribution is -1.91. The van der Waals surface area contributed by atoms with E-state index in [2.05, 4.69) is 32.3 Å². The van der Waals surface area contributed by atoms with Crippen molar-refractivity contribution in [2.75, 3.05) is 5.32 Å². The Morgan fingerprint density at radius 1 is 1.00 bits per heavy atom. The fraction of sp³-hybridized carbons (Fsp3) is 0. The number of nitrogens with zero attached hydrogens (tertiary/aromatic N) is 2. The van der Waals surface area contributed by atoms with Crippen molar-refractivity contribution in [3.63, 3.8) is 0 Å². The summed E-state index contributed by atoms with van der Waals surface area (Å²) >= 11 is 4.92. The number of nitriles is 1. The molecule has 0 bridgehead atoms. The molecule has 1 aromatic heterocycles. The predicted octanol–water partition coefficient (Wildman–Crippen LogP) is 7.34. The van der Waals surface area contributed by atoms with Gasteiger partial charge in [0.1, 0.15) is 28.1 Å². The van der Waals surface area contributed by atoms with Crippen molar-refractivity contribution in [1.29, 1.82) is 5.26 Å². The van der Waals surface area contributed by atoms with Crippen LogP contribution >= 0.6 is 27.3 Å². The molecular formula is C24H16BrN3OS. The van der Waals surface area contributed by atoms with E-state index in [0.717, 1.165) is 32.9 Å². The van der Waals surface area contributed by atoms with Gasteiger partial charge in [-0.3, -0.25) is 0 Å². The third-order valence-electron chi connectivity index (χ3n) is 4.19. The Balaban J connectivity index is 1.45. The highest BCUT2D eigenvalue weighted by Crippen LogP contribution is 2.28. The first-order chi connectivity index (χ1) is 14.7. The molecule has 0 aliphatic rings. The summed E-state index contributed by atoms with van der Waals surface area (Å²) in [6.07, 6.45) is 1.68. The molecule has 3 aromatic carbocycles. The standard InChI is InChI=1S/C24H16BrN3OS/c25-19-6-4-5-17(13-19)23-16-30-24(28-23)18(14-26)15-27-20-9-11-22(12-10-20)29-21-7-2-1-3-8-21/h1-13,15-16,27H. The van der Waals surface area contributed by atoms with Crippen LogP contribution < -0.4 is 10.1 Å². The highest BCUT2D eigenvalue weighted by molar-refractivity contribution is 9.10. The van der Waals surface area contributed by atoms with Crippen LogP contribution in [0, 0.1) is 11.3 Å². The molecule has 0 unspecified atom stereocenters. The summed E-state index contributed by atoms with van der Waals surface area (Å²) in [6.45, 7) is 0. The van der Waals surface area contributed by atoms with E-state index in [1.807, 2.05) is 84.2 Å². The van der Waals surface area contributed by atoms with Gasteiger partial charge in [-0.05, 0) is 48.5 Å². The number of hydrogen-bond acceptors (Lipinski definition) is 5. The smallest absolute Gasteiger partial charge is 0.136 e. The number of anilines is 1. The lowest BCUT2D eigenvalue weighted by Gasteiger charge is -2.07. The molecule has 30 heavy (non-hydrogen) atoms. The van der Waals surface area contributed by atoms with E-state index in [1.54, 1.807) is 6.20 Å². The van der Waals surface area contributed by atoms with Crippen LogP contribution in [-0.4, -0.2) is 4.98 Å². The first-order valence-electron chi connectivity index (χ1n) is 9.13. The Labute approximate surface area is 187 Å². The van der Waals surface area contributed by atoms with Crippen LogP contribution in [0.5, 0.6) is 11.5 Å². The molecule has 1 heterocycles. The van der Waals surface area contributed by atoms with E-state index in [-0.39, 0.29) is 0 Å². The summed E-state index contributed by atoms with van der Waals surface area (Å²) in [4.78, 5) is 4.61. The maximum atomic E-state index is 9.57. The molecule has 4 nitrogen and oxygen atoms in total. The van der Waals surface area contributed by atoms with Crippen LogP contribution in [0.25, 0.3) is 16.8 Å². The Morgan fingerprint density at radius 3 is 2.50 bits per heavy atom. The SMILES string of the molecule is N#CC(=CNc1ccc(Oc2ccccc2)cc1)c1nc(-c2cccc(Br)c2)cs1. The van der Waals surface area contributed by atoms with Gasteiger partial charge in [0.25, 0.3) is 0 Å². The number of rotatable bonds is 6. The van der Waals surface area contributed by atoms with Crippen molar-refractivity contribution in [3.05, 3.63) is 99.9 Å². The minimum absolute atomic E-state index is 0.478. The maximum Gasteiger partial charge on any atom is 0.136 e. The van der Waals surface area contributed by atoms with Crippen molar-refractivity contribution >= 4 is 38.5 Å². The van der Waals surface area contributed by atoms with Crippen molar-refractivity contribution in [2.45, 2.75) is 0 Å². The Hall–Kier alpha value is -3.40. The van der Waals surface area contributed by atoms with E-state index < -0.39 is 0 Å². The highest BCUT2D eigenvalue weighted by Gasteiger charge is 2.09. The van der Waals surface area contributed by atoms with Gasteiger partial charge in [0.05, 0.1) is 5.69 Å². The molecule has 146 valence electrons. The van der Waals surface area contributed by atoms with Gasteiger partial charge in [0.2, 0.25) is 0 Å². The first kappa shape index (κ1) is 19.9. The summed E-state index contributed by atoms with van der Waals surface area (Å²) in [5.74, 6) is 1.53. The molecule has 0 fully saturated rings. The van der Waals surface area contributed by atoms with Crippen LogP contribution in [0.4, 0.5) is 5.69 Å². The van der Waals surface area contributed by atoms with Gasteiger partial charge in [-0.25, -0.2) is 4.98 Å². The minimum Gasteiger partial charge on any atom is -0.457 e. The summed E-state index contributed by atoms with van der Waals surface area (Å²) in [5.41, 5.74) is 3.18. The lowest BCUT2D eigenvalue weighted by atomic mass is 10.2. The average Bonchev–Trinajstić information content (AvgIpc) is 3.26. The van der Waals surface area contributed by atoms with E-state index in [9.17, 15) is 5.26 Å². The minimum atomic E-state index is 0.478. The molecule has 0 radical (unpaired) electrons. The molecule has 0 atom stereocenters. The normalized spacial score (nSPS) is 11.0. The number of aromatic nitrogens is 1. The fourth-order valence-corrected chi connectivity index (χ4v) is 3.91. The quantitative estimate of drug-likeness (QED) is 0.297. The Bertz CT molecular complexity index is 1210. The van der Waals surface area contributed by atoms with E-state index in [1.165, 1.54) is 11.3 Å². The molecule has 1 N–H and O–H groups in total. The first-order valence-corrected chi connectivity index (χ1v) is 10.8. The molecule has 4 aromatic rings. The highest BCUT2D eigenvalue weighted by atomic mass is 79.9. The molecule has 0 amide bonds. The van der Waals surface area contributed by atoms with Crippen LogP contribution in [-0.2, 0) is 0 Å². The van der Waals surface area contributed by atoms with E-state index in [4.69, 9.17) is 4.74 Å². The monoisotopic (exact) mass is 473 g/mol. The van der Waals surface area contributed by atoms with Gasteiger partial charge in [0, 0.05) is 27.3 Å². The van der Waals surface area contributed by atoms with Crippen molar-refractivity contribution < 1.29 is 4.74 Å². The number of para-hydroxylation sites is 1. The summed E-state index contributed by atoms with van der Waals surface area (Å²) in [6, 6.07) is 27.3. The summed E-state index contributed by atoms with van der Waals surface area (Å²) in [5, 5.41) is 15.4. The van der Waals surface area contributed by atoms with Crippen molar-refractivity contribution in [1.82, 2.24) is 4.98 Å². The van der Waals surface area contributed by atoms with E-state index in [0.29, 0.717) is 10.6 Å². The second kappa shape index (κ2) is 9.40. The Morgan fingerprint density at radius 2 is 1.77 bits per heavy atom. The molecule has 0 saturated heterocycles. The predicted molar refractivity (Wildman–Crippen MR) is 125 cm³/mol. The molecule has 4 rings (SSSR count). The van der Waals surface area contributed by atoms with Crippen LogP contribution in [0.3, 0.4) is 0 Å². The molecule has 0 spiro atoms. The van der Waals surface area contributed by atoms with Gasteiger partial charge in [-0.2, -0.15) is 5.26 Å². The fourth-order valence-electron chi connectivity index (χ4n) is 2.72. The van der Waals surface area contributed by atoms with E-state index >= 15 is 0 Å².